The Kier molecular flexibility index (Phi) is 5.01. The lowest BCUT2D eigenvalue weighted by molar-refractivity contribution is -0.123. The van der Waals surface area contributed by atoms with E-state index in [4.69, 9.17) is 0 Å². The van der Waals surface area contributed by atoms with Gasteiger partial charge in [0, 0.05) is 18.6 Å². The fraction of sp³-hybridized carbons (Fsp3) is 0.929. The van der Waals surface area contributed by atoms with E-state index < -0.39 is 0 Å². The number of nitrogens with zero attached hydrogens (tertiary/aromatic N) is 1. The predicted octanol–water partition coefficient (Wildman–Crippen LogP) is 0.975. The molecule has 1 atom stereocenters. The summed E-state index contributed by atoms with van der Waals surface area (Å²) in [7, 11) is 0. The van der Waals surface area contributed by atoms with E-state index >= 15 is 0 Å². The number of nitrogens with one attached hydrogen (secondary N) is 2. The molecule has 1 saturated carbocycles. The summed E-state index contributed by atoms with van der Waals surface area (Å²) in [5.74, 6) is 0.909. The molecule has 4 nitrogen and oxygen atoms in total. The Balaban J connectivity index is 1.78. The molecule has 2 rings (SSSR count). The van der Waals surface area contributed by atoms with Gasteiger partial charge in [-0.05, 0) is 58.5 Å². The predicted molar refractivity (Wildman–Crippen MR) is 73.5 cm³/mol. The maximum atomic E-state index is 11.9. The molecule has 1 aliphatic carbocycles. The van der Waals surface area contributed by atoms with Crippen LogP contribution in [-0.4, -0.2) is 49.1 Å². The van der Waals surface area contributed by atoms with Crippen LogP contribution in [0.1, 0.15) is 39.5 Å². The number of hydrogen-bond donors (Lipinski definition) is 2. The first-order chi connectivity index (χ1) is 8.65. The van der Waals surface area contributed by atoms with Crippen molar-refractivity contribution in [3.05, 3.63) is 0 Å². The van der Waals surface area contributed by atoms with Gasteiger partial charge in [0.2, 0.25) is 5.91 Å². The van der Waals surface area contributed by atoms with Crippen LogP contribution in [0.2, 0.25) is 0 Å². The smallest absolute Gasteiger partial charge is 0.234 e. The van der Waals surface area contributed by atoms with Gasteiger partial charge < -0.3 is 10.6 Å². The van der Waals surface area contributed by atoms with E-state index in [-0.39, 0.29) is 11.9 Å². The molecular weight excluding hydrogens is 226 g/mol. The summed E-state index contributed by atoms with van der Waals surface area (Å²) >= 11 is 0. The van der Waals surface area contributed by atoms with Crippen molar-refractivity contribution in [1.82, 2.24) is 15.5 Å². The van der Waals surface area contributed by atoms with Crippen LogP contribution in [0.3, 0.4) is 0 Å². The largest absolute Gasteiger partial charge is 0.353 e. The molecule has 1 aliphatic heterocycles. The van der Waals surface area contributed by atoms with E-state index in [0.29, 0.717) is 12.6 Å². The molecule has 0 aromatic heterocycles. The first kappa shape index (κ1) is 13.8. The Morgan fingerprint density at radius 2 is 2.17 bits per heavy atom. The van der Waals surface area contributed by atoms with Gasteiger partial charge in [-0.1, -0.05) is 0 Å². The Morgan fingerprint density at radius 3 is 2.72 bits per heavy atom. The summed E-state index contributed by atoms with van der Waals surface area (Å²) in [6.45, 7) is 7.99. The number of rotatable bonds is 6. The number of carbonyl (C=O) groups excluding carboxylic acids is 1. The SMILES string of the molecule is CC(C)NC(=O)CN(CC1CCCNC1)C1CC1. The molecule has 1 heterocycles. The molecule has 1 unspecified atom stereocenters. The zero-order valence-electron chi connectivity index (χ0n) is 11.7. The number of hydrogen-bond acceptors (Lipinski definition) is 3. The highest BCUT2D eigenvalue weighted by molar-refractivity contribution is 5.78. The quantitative estimate of drug-likeness (QED) is 0.741. The Hall–Kier alpha value is -0.610. The molecule has 0 bridgehead atoms. The van der Waals surface area contributed by atoms with E-state index in [0.717, 1.165) is 25.6 Å². The average molecular weight is 253 g/mol. The summed E-state index contributed by atoms with van der Waals surface area (Å²) in [6, 6.07) is 0.916. The zero-order chi connectivity index (χ0) is 13.0. The van der Waals surface area contributed by atoms with Gasteiger partial charge in [0.05, 0.1) is 6.54 Å². The number of amides is 1. The van der Waals surface area contributed by atoms with Crippen LogP contribution in [0.4, 0.5) is 0 Å². The highest BCUT2D eigenvalue weighted by Gasteiger charge is 2.32. The highest BCUT2D eigenvalue weighted by atomic mass is 16.2. The van der Waals surface area contributed by atoms with Gasteiger partial charge in [-0.25, -0.2) is 0 Å². The Labute approximate surface area is 110 Å². The van der Waals surface area contributed by atoms with Crippen molar-refractivity contribution in [2.45, 2.75) is 51.6 Å². The minimum absolute atomic E-state index is 0.181. The molecule has 4 heteroatoms. The lowest BCUT2D eigenvalue weighted by atomic mass is 9.99. The monoisotopic (exact) mass is 253 g/mol. The van der Waals surface area contributed by atoms with E-state index in [1.165, 1.54) is 25.7 Å². The van der Waals surface area contributed by atoms with Gasteiger partial charge in [0.1, 0.15) is 0 Å². The third kappa shape index (κ3) is 4.58. The van der Waals surface area contributed by atoms with Crippen LogP contribution in [0.15, 0.2) is 0 Å². The van der Waals surface area contributed by atoms with Crippen LogP contribution >= 0.6 is 0 Å². The molecule has 0 aromatic rings. The van der Waals surface area contributed by atoms with Gasteiger partial charge in [-0.2, -0.15) is 0 Å². The Bertz CT molecular complexity index is 270. The molecule has 2 N–H and O–H groups in total. The van der Waals surface area contributed by atoms with Crippen LogP contribution in [-0.2, 0) is 4.79 Å². The number of piperidine rings is 1. The second-order valence-electron chi connectivity index (χ2n) is 6.10. The van der Waals surface area contributed by atoms with Crippen molar-refractivity contribution >= 4 is 5.91 Å². The minimum atomic E-state index is 0.181. The summed E-state index contributed by atoms with van der Waals surface area (Å²) in [5.41, 5.74) is 0. The second-order valence-corrected chi connectivity index (χ2v) is 6.10. The third-order valence-electron chi connectivity index (χ3n) is 3.75. The van der Waals surface area contributed by atoms with E-state index in [1.807, 2.05) is 13.8 Å². The molecule has 0 spiro atoms. The lowest BCUT2D eigenvalue weighted by Gasteiger charge is -2.30. The summed E-state index contributed by atoms with van der Waals surface area (Å²) in [4.78, 5) is 14.3. The minimum Gasteiger partial charge on any atom is -0.353 e. The third-order valence-corrected chi connectivity index (χ3v) is 3.75. The van der Waals surface area contributed by atoms with Crippen LogP contribution in [0, 0.1) is 5.92 Å². The van der Waals surface area contributed by atoms with Crippen LogP contribution < -0.4 is 10.6 Å². The molecule has 1 amide bonds. The molecular formula is C14H27N3O. The van der Waals surface area contributed by atoms with Gasteiger partial charge >= 0.3 is 0 Å². The van der Waals surface area contributed by atoms with Gasteiger partial charge in [-0.15, -0.1) is 0 Å². The van der Waals surface area contributed by atoms with Crippen molar-refractivity contribution in [2.75, 3.05) is 26.2 Å². The summed E-state index contributed by atoms with van der Waals surface area (Å²) < 4.78 is 0. The summed E-state index contributed by atoms with van der Waals surface area (Å²) in [5, 5.41) is 6.45. The Morgan fingerprint density at radius 1 is 1.39 bits per heavy atom. The van der Waals surface area contributed by atoms with Gasteiger partial charge in [-0.3, -0.25) is 9.69 Å². The van der Waals surface area contributed by atoms with Crippen LogP contribution in [0.5, 0.6) is 0 Å². The standard InChI is InChI=1S/C14H27N3O/c1-11(2)16-14(18)10-17(13-5-6-13)9-12-4-3-7-15-8-12/h11-13,15H,3-10H2,1-2H3,(H,16,18). The first-order valence-electron chi connectivity index (χ1n) is 7.39. The van der Waals surface area contributed by atoms with Gasteiger partial charge in [0.15, 0.2) is 0 Å². The highest BCUT2D eigenvalue weighted by Crippen LogP contribution is 2.28. The topological polar surface area (TPSA) is 44.4 Å². The van der Waals surface area contributed by atoms with Crippen LogP contribution in [0.25, 0.3) is 0 Å². The van der Waals surface area contributed by atoms with Gasteiger partial charge in [0.25, 0.3) is 0 Å². The molecule has 2 aliphatic rings. The second kappa shape index (κ2) is 6.53. The average Bonchev–Trinajstić information content (AvgIpc) is 3.12. The molecule has 2 fully saturated rings. The zero-order valence-corrected chi connectivity index (χ0v) is 11.7. The van der Waals surface area contributed by atoms with Crippen molar-refractivity contribution in [3.63, 3.8) is 0 Å². The molecule has 1 saturated heterocycles. The first-order valence-corrected chi connectivity index (χ1v) is 7.39. The lowest BCUT2D eigenvalue weighted by Crippen LogP contribution is -2.45. The maximum absolute atomic E-state index is 11.9. The maximum Gasteiger partial charge on any atom is 0.234 e. The molecule has 0 radical (unpaired) electrons. The number of carbonyl (C=O) groups is 1. The molecule has 104 valence electrons. The van der Waals surface area contributed by atoms with E-state index in [2.05, 4.69) is 15.5 Å². The summed E-state index contributed by atoms with van der Waals surface area (Å²) in [6.07, 6.45) is 5.13. The van der Waals surface area contributed by atoms with Crippen molar-refractivity contribution in [3.8, 4) is 0 Å². The van der Waals surface area contributed by atoms with Crippen molar-refractivity contribution in [1.29, 1.82) is 0 Å². The van der Waals surface area contributed by atoms with E-state index in [1.54, 1.807) is 0 Å². The van der Waals surface area contributed by atoms with E-state index in [9.17, 15) is 4.79 Å². The fourth-order valence-corrected chi connectivity index (χ4v) is 2.75. The normalized spacial score (nSPS) is 24.6. The van der Waals surface area contributed by atoms with Crippen molar-refractivity contribution < 1.29 is 4.79 Å². The molecule has 0 aromatic carbocycles. The fourth-order valence-electron chi connectivity index (χ4n) is 2.75. The molecule has 18 heavy (non-hydrogen) atoms. The van der Waals surface area contributed by atoms with Crippen molar-refractivity contribution in [2.24, 2.45) is 5.92 Å².